The van der Waals surface area contributed by atoms with Crippen molar-refractivity contribution in [2.75, 3.05) is 49.1 Å². The van der Waals surface area contributed by atoms with Crippen molar-refractivity contribution in [2.45, 2.75) is 57.3 Å². The Morgan fingerprint density at radius 2 is 1.59 bits per heavy atom. The van der Waals surface area contributed by atoms with E-state index < -0.39 is 14.9 Å². The second kappa shape index (κ2) is 12.0. The maximum absolute atomic E-state index is 13.8. The number of anilines is 2. The minimum Gasteiger partial charge on any atom is -0.372 e. The zero-order valence-electron chi connectivity index (χ0n) is 21.8. The van der Waals surface area contributed by atoms with Crippen LogP contribution in [-0.2, 0) is 10.0 Å². The van der Waals surface area contributed by atoms with E-state index in [0.717, 1.165) is 76.1 Å². The molecule has 9 nitrogen and oxygen atoms in total. The van der Waals surface area contributed by atoms with E-state index in [2.05, 4.69) is 14.8 Å². The van der Waals surface area contributed by atoms with Crippen molar-refractivity contribution in [2.24, 2.45) is 4.99 Å². The number of sulfonamides is 1. The van der Waals surface area contributed by atoms with Gasteiger partial charge in [-0.15, -0.1) is 0 Å². The topological polar surface area (TPSA) is 99.4 Å². The molecule has 37 heavy (non-hydrogen) atoms. The molecule has 0 aromatic heterocycles. The SMILES string of the molecule is CCN(CC)c1ccc([N+](=O)[O-])cc1C=Nc1ccc(N2CCCCC2)c(S(=O)(=O)N2CCCCC2)c1. The molecule has 0 saturated carbocycles. The predicted molar refractivity (Wildman–Crippen MR) is 149 cm³/mol. The zero-order valence-corrected chi connectivity index (χ0v) is 22.6. The Morgan fingerprint density at radius 3 is 2.22 bits per heavy atom. The van der Waals surface area contributed by atoms with Crippen LogP contribution in [0.25, 0.3) is 0 Å². The van der Waals surface area contributed by atoms with Crippen LogP contribution in [0.3, 0.4) is 0 Å². The van der Waals surface area contributed by atoms with E-state index in [1.807, 2.05) is 26.0 Å². The fourth-order valence-electron chi connectivity index (χ4n) is 5.19. The van der Waals surface area contributed by atoms with Crippen LogP contribution in [0.4, 0.5) is 22.7 Å². The Bertz CT molecular complexity index is 1230. The number of hydrogen-bond donors (Lipinski definition) is 0. The largest absolute Gasteiger partial charge is 0.372 e. The van der Waals surface area contributed by atoms with Gasteiger partial charge in [-0.3, -0.25) is 15.1 Å². The molecule has 2 aromatic rings. The molecule has 2 aromatic carbocycles. The normalized spacial score (nSPS) is 17.3. The molecule has 200 valence electrons. The maximum atomic E-state index is 13.8. The van der Waals surface area contributed by atoms with Gasteiger partial charge in [0.2, 0.25) is 10.0 Å². The van der Waals surface area contributed by atoms with E-state index in [-0.39, 0.29) is 5.69 Å². The van der Waals surface area contributed by atoms with Crippen molar-refractivity contribution in [3.63, 3.8) is 0 Å². The third-order valence-corrected chi connectivity index (χ3v) is 9.18. The average Bonchev–Trinajstić information content (AvgIpc) is 2.93. The van der Waals surface area contributed by atoms with Crippen LogP contribution >= 0.6 is 0 Å². The van der Waals surface area contributed by atoms with Crippen molar-refractivity contribution >= 4 is 39.0 Å². The van der Waals surface area contributed by atoms with Crippen LogP contribution in [0, 0.1) is 10.1 Å². The first kappa shape index (κ1) is 27.1. The highest BCUT2D eigenvalue weighted by Crippen LogP contribution is 2.34. The molecule has 10 heteroatoms. The molecule has 0 spiro atoms. The van der Waals surface area contributed by atoms with E-state index in [9.17, 15) is 18.5 Å². The van der Waals surface area contributed by atoms with Gasteiger partial charge in [-0.25, -0.2) is 8.42 Å². The molecular weight excluding hydrogens is 490 g/mol. The van der Waals surface area contributed by atoms with Crippen molar-refractivity contribution in [3.05, 3.63) is 52.1 Å². The second-order valence-corrected chi connectivity index (χ2v) is 11.5. The number of benzene rings is 2. The van der Waals surface area contributed by atoms with Gasteiger partial charge in [-0.1, -0.05) is 6.42 Å². The fourth-order valence-corrected chi connectivity index (χ4v) is 6.93. The highest BCUT2D eigenvalue weighted by molar-refractivity contribution is 7.89. The van der Waals surface area contributed by atoms with Crippen LogP contribution in [0.5, 0.6) is 0 Å². The molecule has 2 fully saturated rings. The van der Waals surface area contributed by atoms with Gasteiger partial charge in [-0.2, -0.15) is 4.31 Å². The van der Waals surface area contributed by atoms with E-state index in [1.165, 1.54) is 12.1 Å². The fraction of sp³-hybridized carbons (Fsp3) is 0.519. The minimum atomic E-state index is -3.67. The summed E-state index contributed by atoms with van der Waals surface area (Å²) in [4.78, 5) is 20.2. The lowest BCUT2D eigenvalue weighted by atomic mass is 10.1. The Kier molecular flexibility index (Phi) is 8.81. The monoisotopic (exact) mass is 527 g/mol. The van der Waals surface area contributed by atoms with Crippen LogP contribution in [-0.4, -0.2) is 63.1 Å². The number of rotatable bonds is 9. The van der Waals surface area contributed by atoms with E-state index in [0.29, 0.717) is 29.2 Å². The number of nitro groups is 1. The summed E-state index contributed by atoms with van der Waals surface area (Å²) < 4.78 is 29.2. The summed E-state index contributed by atoms with van der Waals surface area (Å²) in [5.74, 6) is 0. The van der Waals surface area contributed by atoms with Gasteiger partial charge in [0.15, 0.2) is 0 Å². The number of aliphatic imine (C=N–C) groups is 1. The average molecular weight is 528 g/mol. The summed E-state index contributed by atoms with van der Waals surface area (Å²) in [5, 5.41) is 11.4. The lowest BCUT2D eigenvalue weighted by molar-refractivity contribution is -0.384. The van der Waals surface area contributed by atoms with E-state index >= 15 is 0 Å². The Labute approximate surface area is 220 Å². The highest BCUT2D eigenvalue weighted by Gasteiger charge is 2.30. The van der Waals surface area contributed by atoms with Gasteiger partial charge >= 0.3 is 0 Å². The number of piperidine rings is 2. The van der Waals surface area contributed by atoms with E-state index in [4.69, 9.17) is 0 Å². The molecule has 0 bridgehead atoms. The summed E-state index contributed by atoms with van der Waals surface area (Å²) >= 11 is 0. The summed E-state index contributed by atoms with van der Waals surface area (Å²) in [6, 6.07) is 10.1. The molecular formula is C27H37N5O4S. The van der Waals surface area contributed by atoms with Crippen molar-refractivity contribution in [1.82, 2.24) is 4.31 Å². The molecule has 0 radical (unpaired) electrons. The molecule has 2 heterocycles. The Hall–Kier alpha value is -2.98. The molecule has 4 rings (SSSR count). The third-order valence-electron chi connectivity index (χ3n) is 7.25. The quantitative estimate of drug-likeness (QED) is 0.247. The van der Waals surface area contributed by atoms with Crippen LogP contribution in [0.2, 0.25) is 0 Å². The Balaban J connectivity index is 1.75. The summed E-state index contributed by atoms with van der Waals surface area (Å²) in [7, 11) is -3.67. The zero-order chi connectivity index (χ0) is 26.4. The van der Waals surface area contributed by atoms with E-state index in [1.54, 1.807) is 22.7 Å². The first-order chi connectivity index (χ1) is 17.8. The molecule has 0 aliphatic carbocycles. The van der Waals surface area contributed by atoms with Crippen molar-refractivity contribution < 1.29 is 13.3 Å². The summed E-state index contributed by atoms with van der Waals surface area (Å²) in [6.45, 7) is 8.31. The first-order valence-electron chi connectivity index (χ1n) is 13.3. The van der Waals surface area contributed by atoms with Crippen molar-refractivity contribution in [3.8, 4) is 0 Å². The molecule has 2 saturated heterocycles. The number of non-ortho nitro benzene ring substituents is 1. The maximum Gasteiger partial charge on any atom is 0.270 e. The van der Waals surface area contributed by atoms with Crippen LogP contribution in [0.15, 0.2) is 46.3 Å². The molecule has 2 aliphatic rings. The smallest absolute Gasteiger partial charge is 0.270 e. The standard InChI is InChI=1S/C27H37N5O4S/c1-3-29(4-2)25-14-12-24(32(33)34)19-22(25)21-28-23-11-13-26(30-15-7-5-8-16-30)27(20-23)37(35,36)31-17-9-6-10-18-31/h11-14,19-21H,3-10,15-18H2,1-2H3. The van der Waals surface area contributed by atoms with Gasteiger partial charge in [0.1, 0.15) is 4.90 Å². The lowest BCUT2D eigenvalue weighted by Gasteiger charge is -2.32. The number of hydrogen-bond acceptors (Lipinski definition) is 7. The first-order valence-corrected chi connectivity index (χ1v) is 14.8. The van der Waals surface area contributed by atoms with Gasteiger partial charge in [0.05, 0.1) is 16.3 Å². The number of nitro benzene ring substituents is 1. The predicted octanol–water partition coefficient (Wildman–Crippen LogP) is 5.36. The molecule has 0 atom stereocenters. The highest BCUT2D eigenvalue weighted by atomic mass is 32.2. The summed E-state index contributed by atoms with van der Waals surface area (Å²) in [5.41, 5.74) is 2.71. The van der Waals surface area contributed by atoms with Crippen LogP contribution < -0.4 is 9.80 Å². The third kappa shape index (κ3) is 6.13. The van der Waals surface area contributed by atoms with Gasteiger partial charge in [0, 0.05) is 68.9 Å². The summed E-state index contributed by atoms with van der Waals surface area (Å²) in [6.07, 6.45) is 7.65. The molecule has 2 aliphatic heterocycles. The molecule has 0 unspecified atom stereocenters. The van der Waals surface area contributed by atoms with Gasteiger partial charge in [-0.05, 0) is 70.2 Å². The Morgan fingerprint density at radius 1 is 0.946 bits per heavy atom. The second-order valence-electron chi connectivity index (χ2n) is 9.60. The van der Waals surface area contributed by atoms with Gasteiger partial charge in [0.25, 0.3) is 5.69 Å². The molecule has 0 amide bonds. The molecule has 0 N–H and O–H groups in total. The minimum absolute atomic E-state index is 0.00818. The van der Waals surface area contributed by atoms with Crippen molar-refractivity contribution in [1.29, 1.82) is 0 Å². The van der Waals surface area contributed by atoms with Crippen LogP contribution in [0.1, 0.15) is 57.9 Å². The lowest BCUT2D eigenvalue weighted by Crippen LogP contribution is -2.37. The van der Waals surface area contributed by atoms with Gasteiger partial charge < -0.3 is 9.80 Å². The number of nitrogens with zero attached hydrogens (tertiary/aromatic N) is 5.